The highest BCUT2D eigenvalue weighted by Gasteiger charge is 2.16. The Balaban J connectivity index is 1.28. The van der Waals surface area contributed by atoms with Crippen molar-refractivity contribution in [2.75, 3.05) is 25.8 Å². The summed E-state index contributed by atoms with van der Waals surface area (Å²) in [5.41, 5.74) is 5.21. The number of hydrazone groups is 1. The molecule has 4 rings (SSSR count). The van der Waals surface area contributed by atoms with Crippen molar-refractivity contribution in [3.8, 4) is 23.0 Å². The van der Waals surface area contributed by atoms with Gasteiger partial charge in [-0.2, -0.15) is 5.10 Å². The zero-order valence-corrected chi connectivity index (χ0v) is 22.7. The van der Waals surface area contributed by atoms with Gasteiger partial charge in [-0.05, 0) is 70.4 Å². The van der Waals surface area contributed by atoms with Crippen LogP contribution < -0.4 is 35.0 Å². The number of nitrogens with zero attached hydrogens (tertiary/aromatic N) is 1. The molecule has 3 N–H and O–H groups in total. The van der Waals surface area contributed by atoms with E-state index in [2.05, 4.69) is 37.1 Å². The summed E-state index contributed by atoms with van der Waals surface area (Å²) < 4.78 is 22.1. The fraction of sp³-hybridized carbons (Fsp3) is 0.185. The smallest absolute Gasteiger partial charge is 0.329 e. The molecule has 12 heteroatoms. The first-order chi connectivity index (χ1) is 18.8. The number of carbonyl (C=O) groups excluding carboxylic acids is 3. The zero-order valence-electron chi connectivity index (χ0n) is 21.1. The van der Waals surface area contributed by atoms with E-state index in [1.165, 1.54) is 13.3 Å². The summed E-state index contributed by atoms with van der Waals surface area (Å²) in [6, 6.07) is 15.9. The monoisotopic (exact) mass is 596 g/mol. The van der Waals surface area contributed by atoms with E-state index in [9.17, 15) is 14.4 Å². The molecule has 11 nitrogen and oxygen atoms in total. The number of hydrogen-bond donors (Lipinski definition) is 3. The number of aryl methyl sites for hydroxylation is 1. The first-order valence-corrected chi connectivity index (χ1v) is 12.5. The summed E-state index contributed by atoms with van der Waals surface area (Å²) in [6.07, 6.45) is 1.34. The van der Waals surface area contributed by atoms with E-state index in [1.54, 1.807) is 42.5 Å². The maximum absolute atomic E-state index is 12.3. The molecule has 1 aliphatic heterocycles. The standard InChI is InChI=1S/C27H25BrN4O7/c1-16-3-6-19(7-4-16)31-24(33)14-37-25-20(28)9-18(11-23(25)36-2)13-30-32-27(35)26(34)29-12-17-5-8-21-22(10-17)39-15-38-21/h3-11,13H,12,14-15H2,1-2H3,(H,29,34)(H,31,33)(H,32,35)/b30-13-. The number of amides is 3. The Hall–Kier alpha value is -4.58. The molecule has 3 amide bonds. The highest BCUT2D eigenvalue weighted by molar-refractivity contribution is 9.10. The van der Waals surface area contributed by atoms with Crippen molar-refractivity contribution in [3.05, 3.63) is 75.8 Å². The molecule has 0 atom stereocenters. The maximum atomic E-state index is 12.3. The number of halogens is 1. The molecular weight excluding hydrogens is 572 g/mol. The third kappa shape index (κ3) is 7.48. The lowest BCUT2D eigenvalue weighted by atomic mass is 10.2. The van der Waals surface area contributed by atoms with Crippen LogP contribution in [0.4, 0.5) is 5.69 Å². The van der Waals surface area contributed by atoms with Gasteiger partial charge in [0.2, 0.25) is 6.79 Å². The third-order valence-corrected chi connectivity index (χ3v) is 6.00. The van der Waals surface area contributed by atoms with Crippen LogP contribution in [0.3, 0.4) is 0 Å². The van der Waals surface area contributed by atoms with Gasteiger partial charge in [-0.1, -0.05) is 23.8 Å². The van der Waals surface area contributed by atoms with E-state index >= 15 is 0 Å². The topological polar surface area (TPSA) is 137 Å². The minimum Gasteiger partial charge on any atom is -0.493 e. The van der Waals surface area contributed by atoms with Crippen molar-refractivity contribution in [1.82, 2.24) is 10.7 Å². The number of nitrogens with one attached hydrogen (secondary N) is 3. The Bertz CT molecular complexity index is 1410. The number of carbonyl (C=O) groups is 3. The Labute approximate surface area is 232 Å². The number of fused-ring (bicyclic) bond motifs is 1. The Morgan fingerprint density at radius 1 is 1.03 bits per heavy atom. The van der Waals surface area contributed by atoms with Crippen LogP contribution in [0, 0.1) is 6.92 Å². The summed E-state index contributed by atoms with van der Waals surface area (Å²) in [5, 5.41) is 9.11. The van der Waals surface area contributed by atoms with Crippen LogP contribution in [0.15, 0.2) is 64.2 Å². The fourth-order valence-corrected chi connectivity index (χ4v) is 4.03. The molecule has 0 aliphatic carbocycles. The van der Waals surface area contributed by atoms with Crippen molar-refractivity contribution >= 4 is 45.6 Å². The molecule has 3 aromatic carbocycles. The van der Waals surface area contributed by atoms with Gasteiger partial charge in [0.25, 0.3) is 5.91 Å². The average molecular weight is 597 g/mol. The van der Waals surface area contributed by atoms with Gasteiger partial charge in [0.1, 0.15) is 0 Å². The molecule has 0 saturated carbocycles. The van der Waals surface area contributed by atoms with E-state index in [0.717, 1.165) is 11.1 Å². The van der Waals surface area contributed by atoms with Crippen LogP contribution in [0.2, 0.25) is 0 Å². The molecule has 3 aromatic rings. The van der Waals surface area contributed by atoms with E-state index < -0.39 is 11.8 Å². The van der Waals surface area contributed by atoms with Crippen LogP contribution in [0.1, 0.15) is 16.7 Å². The lowest BCUT2D eigenvalue weighted by molar-refractivity contribution is -0.139. The van der Waals surface area contributed by atoms with Gasteiger partial charge < -0.3 is 29.6 Å². The molecular formula is C27H25BrN4O7. The summed E-state index contributed by atoms with van der Waals surface area (Å²) in [4.78, 5) is 36.5. The van der Waals surface area contributed by atoms with E-state index in [-0.39, 0.29) is 25.9 Å². The summed E-state index contributed by atoms with van der Waals surface area (Å²) in [5.74, 6) is -0.253. The molecule has 1 heterocycles. The third-order valence-electron chi connectivity index (χ3n) is 5.41. The first-order valence-electron chi connectivity index (χ1n) is 11.7. The zero-order chi connectivity index (χ0) is 27.8. The summed E-state index contributed by atoms with van der Waals surface area (Å²) >= 11 is 3.40. The van der Waals surface area contributed by atoms with E-state index in [1.807, 2.05) is 19.1 Å². The minimum atomic E-state index is -0.933. The molecule has 0 unspecified atom stereocenters. The number of rotatable bonds is 9. The van der Waals surface area contributed by atoms with Crippen LogP contribution in [0.5, 0.6) is 23.0 Å². The van der Waals surface area contributed by atoms with Gasteiger partial charge in [0.05, 0.1) is 17.8 Å². The highest BCUT2D eigenvalue weighted by Crippen LogP contribution is 2.36. The number of methoxy groups -OCH3 is 1. The quantitative estimate of drug-likeness (QED) is 0.196. The molecule has 0 aromatic heterocycles. The molecule has 0 radical (unpaired) electrons. The Morgan fingerprint density at radius 3 is 2.56 bits per heavy atom. The van der Waals surface area contributed by atoms with Crippen molar-refractivity contribution in [2.24, 2.45) is 5.10 Å². The molecule has 39 heavy (non-hydrogen) atoms. The number of benzene rings is 3. The molecule has 1 aliphatic rings. The number of hydrogen-bond acceptors (Lipinski definition) is 8. The fourth-order valence-electron chi connectivity index (χ4n) is 3.46. The second-order valence-electron chi connectivity index (χ2n) is 8.31. The molecule has 202 valence electrons. The van der Waals surface area contributed by atoms with Gasteiger partial charge in [-0.15, -0.1) is 0 Å². The molecule has 0 bridgehead atoms. The predicted octanol–water partition coefficient (Wildman–Crippen LogP) is 3.28. The Kier molecular flexibility index (Phi) is 9.00. The summed E-state index contributed by atoms with van der Waals surface area (Å²) in [6.45, 7) is 1.99. The minimum absolute atomic E-state index is 0.126. The highest BCUT2D eigenvalue weighted by atomic mass is 79.9. The average Bonchev–Trinajstić information content (AvgIpc) is 3.40. The predicted molar refractivity (Wildman–Crippen MR) is 146 cm³/mol. The molecule has 0 saturated heterocycles. The van der Waals surface area contributed by atoms with Gasteiger partial charge in [0.15, 0.2) is 29.6 Å². The lowest BCUT2D eigenvalue weighted by Crippen LogP contribution is -2.37. The normalized spacial score (nSPS) is 11.7. The van der Waals surface area contributed by atoms with Crippen molar-refractivity contribution < 1.29 is 33.3 Å². The SMILES string of the molecule is COc1cc(/C=N\NC(=O)C(=O)NCc2ccc3c(c2)OCO3)cc(Br)c1OCC(=O)Nc1ccc(C)cc1. The van der Waals surface area contributed by atoms with Gasteiger partial charge in [-0.3, -0.25) is 14.4 Å². The van der Waals surface area contributed by atoms with Crippen LogP contribution in [-0.4, -0.2) is 44.4 Å². The summed E-state index contributed by atoms with van der Waals surface area (Å²) in [7, 11) is 1.45. The molecule has 0 fully saturated rings. The van der Waals surface area contributed by atoms with Gasteiger partial charge >= 0.3 is 11.8 Å². The van der Waals surface area contributed by atoms with Crippen LogP contribution >= 0.6 is 15.9 Å². The largest absolute Gasteiger partial charge is 0.493 e. The van der Waals surface area contributed by atoms with Crippen molar-refractivity contribution in [2.45, 2.75) is 13.5 Å². The maximum Gasteiger partial charge on any atom is 0.329 e. The van der Waals surface area contributed by atoms with Gasteiger partial charge in [-0.25, -0.2) is 5.43 Å². The van der Waals surface area contributed by atoms with Crippen LogP contribution in [-0.2, 0) is 20.9 Å². The van der Waals surface area contributed by atoms with Crippen molar-refractivity contribution in [3.63, 3.8) is 0 Å². The van der Waals surface area contributed by atoms with Crippen LogP contribution in [0.25, 0.3) is 0 Å². The van der Waals surface area contributed by atoms with E-state index in [0.29, 0.717) is 38.7 Å². The number of ether oxygens (including phenoxy) is 4. The number of anilines is 1. The Morgan fingerprint density at radius 2 is 1.79 bits per heavy atom. The lowest BCUT2D eigenvalue weighted by Gasteiger charge is -2.13. The van der Waals surface area contributed by atoms with Gasteiger partial charge in [0, 0.05) is 12.2 Å². The van der Waals surface area contributed by atoms with E-state index in [4.69, 9.17) is 18.9 Å². The second-order valence-corrected chi connectivity index (χ2v) is 9.16. The first kappa shape index (κ1) is 27.5. The molecule has 0 spiro atoms. The second kappa shape index (κ2) is 12.8. The van der Waals surface area contributed by atoms with Crippen molar-refractivity contribution in [1.29, 1.82) is 0 Å².